The minimum atomic E-state index is 0.733. The zero-order chi connectivity index (χ0) is 18.9. The zero-order valence-electron chi connectivity index (χ0n) is 17.1. The van der Waals surface area contributed by atoms with Crippen LogP contribution >= 0.6 is 0 Å². The molecule has 1 fully saturated rings. The monoisotopic (exact) mass is 363 g/mol. The van der Waals surface area contributed by atoms with E-state index in [-0.39, 0.29) is 0 Å². The Morgan fingerprint density at radius 3 is 2.04 bits per heavy atom. The van der Waals surface area contributed by atoms with Gasteiger partial charge in [0.05, 0.1) is 0 Å². The van der Waals surface area contributed by atoms with Gasteiger partial charge in [0.1, 0.15) is 0 Å². The van der Waals surface area contributed by atoms with E-state index in [0.717, 1.165) is 17.5 Å². The van der Waals surface area contributed by atoms with Crippen molar-refractivity contribution in [3.63, 3.8) is 0 Å². The number of anilines is 1. The van der Waals surface area contributed by atoms with Gasteiger partial charge in [0, 0.05) is 5.69 Å². The molecule has 2 aromatic rings. The molecule has 1 aliphatic carbocycles. The molecule has 0 spiro atoms. The van der Waals surface area contributed by atoms with E-state index < -0.39 is 0 Å². The summed E-state index contributed by atoms with van der Waals surface area (Å²) in [4.78, 5) is 0. The van der Waals surface area contributed by atoms with Gasteiger partial charge in [0.25, 0.3) is 0 Å². The third-order valence-electron chi connectivity index (χ3n) is 6.37. The second-order valence-electron chi connectivity index (χ2n) is 8.57. The molecule has 0 radical (unpaired) electrons. The number of hydrogen-bond acceptors (Lipinski definition) is 1. The molecule has 0 heterocycles. The first-order chi connectivity index (χ1) is 13.2. The van der Waals surface area contributed by atoms with Crippen LogP contribution in [-0.2, 0) is 12.8 Å². The molecule has 0 bridgehead atoms. The molecule has 0 atom stereocenters. The number of hydrogen-bond donors (Lipinski definition) is 1. The SMILES string of the molecule is CCCCCCCc1ccc(CC2CCC(c3ccc(N)cc3)CC2)cc1. The van der Waals surface area contributed by atoms with Gasteiger partial charge in [-0.2, -0.15) is 0 Å². The topological polar surface area (TPSA) is 26.0 Å². The highest BCUT2D eigenvalue weighted by molar-refractivity contribution is 5.40. The Morgan fingerprint density at radius 2 is 1.37 bits per heavy atom. The molecule has 0 saturated heterocycles. The van der Waals surface area contributed by atoms with Crippen LogP contribution in [-0.4, -0.2) is 0 Å². The van der Waals surface area contributed by atoms with Crippen molar-refractivity contribution in [3.8, 4) is 0 Å². The lowest BCUT2D eigenvalue weighted by atomic mass is 9.76. The molecule has 0 aliphatic heterocycles. The van der Waals surface area contributed by atoms with Crippen LogP contribution in [0.25, 0.3) is 0 Å². The van der Waals surface area contributed by atoms with Gasteiger partial charge in [-0.15, -0.1) is 0 Å². The predicted molar refractivity (Wildman–Crippen MR) is 118 cm³/mol. The van der Waals surface area contributed by atoms with Crippen LogP contribution in [0.3, 0.4) is 0 Å². The zero-order valence-corrected chi connectivity index (χ0v) is 17.1. The molecule has 0 amide bonds. The smallest absolute Gasteiger partial charge is 0.0314 e. The van der Waals surface area contributed by atoms with Gasteiger partial charge in [0.15, 0.2) is 0 Å². The third-order valence-corrected chi connectivity index (χ3v) is 6.37. The van der Waals surface area contributed by atoms with Gasteiger partial charge >= 0.3 is 0 Å². The first kappa shape index (κ1) is 20.0. The van der Waals surface area contributed by atoms with E-state index >= 15 is 0 Å². The minimum absolute atomic E-state index is 0.733. The Hall–Kier alpha value is -1.76. The molecule has 27 heavy (non-hydrogen) atoms. The van der Waals surface area contributed by atoms with E-state index in [4.69, 9.17) is 5.73 Å². The highest BCUT2D eigenvalue weighted by Crippen LogP contribution is 2.37. The van der Waals surface area contributed by atoms with Crippen molar-refractivity contribution in [1.29, 1.82) is 0 Å². The van der Waals surface area contributed by atoms with Crippen molar-refractivity contribution in [1.82, 2.24) is 0 Å². The molecular weight excluding hydrogens is 326 g/mol. The normalized spacial score (nSPS) is 19.9. The quantitative estimate of drug-likeness (QED) is 0.367. The van der Waals surface area contributed by atoms with Crippen molar-refractivity contribution >= 4 is 5.69 Å². The summed E-state index contributed by atoms with van der Waals surface area (Å²) in [6.45, 7) is 2.28. The van der Waals surface area contributed by atoms with E-state index in [1.54, 1.807) is 0 Å². The van der Waals surface area contributed by atoms with E-state index in [0.29, 0.717) is 0 Å². The van der Waals surface area contributed by atoms with E-state index in [9.17, 15) is 0 Å². The lowest BCUT2D eigenvalue weighted by Gasteiger charge is -2.29. The van der Waals surface area contributed by atoms with Crippen LogP contribution in [0, 0.1) is 5.92 Å². The molecule has 2 aromatic carbocycles. The molecule has 0 unspecified atom stereocenters. The molecule has 1 aliphatic rings. The Kier molecular flexibility index (Phi) is 7.80. The summed E-state index contributed by atoms with van der Waals surface area (Å²) in [5, 5.41) is 0. The van der Waals surface area contributed by atoms with Gasteiger partial charge in [-0.25, -0.2) is 0 Å². The Balaban J connectivity index is 1.40. The second-order valence-corrected chi connectivity index (χ2v) is 8.57. The van der Waals surface area contributed by atoms with Crippen LogP contribution in [0.2, 0.25) is 0 Å². The standard InChI is InChI=1S/C26H37N/c1-2-3-4-5-6-7-21-8-10-22(11-9-21)20-23-12-14-24(15-13-23)25-16-18-26(27)19-17-25/h8-11,16-19,23-24H,2-7,12-15,20,27H2,1H3. The van der Waals surface area contributed by atoms with Gasteiger partial charge in [-0.3, -0.25) is 0 Å². The molecule has 0 aromatic heterocycles. The van der Waals surface area contributed by atoms with Gasteiger partial charge < -0.3 is 5.73 Å². The summed E-state index contributed by atoms with van der Waals surface area (Å²) in [6.07, 6.45) is 14.7. The lowest BCUT2D eigenvalue weighted by Crippen LogP contribution is -2.15. The summed E-state index contributed by atoms with van der Waals surface area (Å²) in [7, 11) is 0. The van der Waals surface area contributed by atoms with Crippen molar-refractivity contribution in [2.45, 2.75) is 83.5 Å². The number of benzene rings is 2. The lowest BCUT2D eigenvalue weighted by molar-refractivity contribution is 0.324. The van der Waals surface area contributed by atoms with Gasteiger partial charge in [-0.05, 0) is 85.6 Å². The Bertz CT molecular complexity index is 648. The highest BCUT2D eigenvalue weighted by atomic mass is 14.5. The van der Waals surface area contributed by atoms with Crippen LogP contribution in [0.4, 0.5) is 5.69 Å². The van der Waals surface area contributed by atoms with Crippen LogP contribution in [0.15, 0.2) is 48.5 Å². The summed E-state index contributed by atoms with van der Waals surface area (Å²) in [5.74, 6) is 1.59. The highest BCUT2D eigenvalue weighted by Gasteiger charge is 2.22. The number of aryl methyl sites for hydroxylation is 1. The fourth-order valence-electron chi connectivity index (χ4n) is 4.58. The fraction of sp³-hybridized carbons (Fsp3) is 0.538. The van der Waals surface area contributed by atoms with Crippen molar-refractivity contribution in [2.24, 2.45) is 5.92 Å². The van der Waals surface area contributed by atoms with Crippen molar-refractivity contribution < 1.29 is 0 Å². The molecule has 1 saturated carbocycles. The molecule has 1 heteroatoms. The maximum Gasteiger partial charge on any atom is 0.0314 e. The average Bonchev–Trinajstić information content (AvgIpc) is 2.70. The second kappa shape index (κ2) is 10.5. The third kappa shape index (κ3) is 6.41. The van der Waals surface area contributed by atoms with E-state index in [1.165, 1.54) is 87.3 Å². The molecule has 2 N–H and O–H groups in total. The maximum absolute atomic E-state index is 5.82. The first-order valence-corrected chi connectivity index (χ1v) is 11.2. The maximum atomic E-state index is 5.82. The Labute approximate surface area is 166 Å². The van der Waals surface area contributed by atoms with Gasteiger partial charge in [0.2, 0.25) is 0 Å². The number of unbranched alkanes of at least 4 members (excludes halogenated alkanes) is 4. The fourth-order valence-corrected chi connectivity index (χ4v) is 4.58. The van der Waals surface area contributed by atoms with E-state index in [2.05, 4.69) is 43.3 Å². The first-order valence-electron chi connectivity index (χ1n) is 11.2. The van der Waals surface area contributed by atoms with Crippen LogP contribution in [0.5, 0.6) is 0 Å². The van der Waals surface area contributed by atoms with Crippen molar-refractivity contribution in [2.75, 3.05) is 5.73 Å². The molecule has 1 nitrogen and oxygen atoms in total. The predicted octanol–water partition coefficient (Wildman–Crippen LogP) is 7.30. The average molecular weight is 364 g/mol. The number of nitrogens with two attached hydrogens (primary N) is 1. The number of rotatable bonds is 9. The largest absolute Gasteiger partial charge is 0.399 e. The van der Waals surface area contributed by atoms with Crippen LogP contribution in [0.1, 0.15) is 87.3 Å². The summed E-state index contributed by atoms with van der Waals surface area (Å²) < 4.78 is 0. The minimum Gasteiger partial charge on any atom is -0.399 e. The summed E-state index contributed by atoms with van der Waals surface area (Å²) >= 11 is 0. The molecular formula is C26H37N. The summed E-state index contributed by atoms with van der Waals surface area (Å²) in [6, 6.07) is 18.0. The Morgan fingerprint density at radius 1 is 0.741 bits per heavy atom. The van der Waals surface area contributed by atoms with Crippen molar-refractivity contribution in [3.05, 3.63) is 65.2 Å². The van der Waals surface area contributed by atoms with Gasteiger partial charge in [-0.1, -0.05) is 69.0 Å². The van der Waals surface area contributed by atoms with E-state index in [1.807, 2.05) is 12.1 Å². The number of nitrogen functional groups attached to an aromatic ring is 1. The molecule has 3 rings (SSSR count). The summed E-state index contributed by atoms with van der Waals surface area (Å²) in [5.41, 5.74) is 11.2. The van der Waals surface area contributed by atoms with Crippen LogP contribution < -0.4 is 5.73 Å². The molecule has 146 valence electrons.